The van der Waals surface area contributed by atoms with Crippen LogP contribution in [-0.4, -0.2) is 31.4 Å². The first-order valence-corrected chi connectivity index (χ1v) is 8.67. The van der Waals surface area contributed by atoms with Gasteiger partial charge in [-0.1, -0.05) is 6.92 Å². The van der Waals surface area contributed by atoms with E-state index in [1.807, 2.05) is 20.8 Å². The average Bonchev–Trinajstić information content (AvgIpc) is 2.87. The molecule has 1 unspecified atom stereocenters. The quantitative estimate of drug-likeness (QED) is 0.839. The Hall–Kier alpha value is -1.07. The van der Waals surface area contributed by atoms with Crippen molar-refractivity contribution in [3.8, 4) is 5.75 Å². The Kier molecular flexibility index (Phi) is 4.70. The van der Waals surface area contributed by atoms with Gasteiger partial charge in [-0.15, -0.1) is 0 Å². The van der Waals surface area contributed by atoms with Crippen LogP contribution in [0.1, 0.15) is 40.0 Å². The molecule has 1 heterocycles. The smallest absolute Gasteiger partial charge is 0.243 e. The van der Waals surface area contributed by atoms with Gasteiger partial charge in [-0.2, -0.15) is 4.31 Å². The van der Waals surface area contributed by atoms with E-state index in [9.17, 15) is 8.42 Å². The number of sulfonamides is 1. The molecule has 1 aromatic carbocycles. The first kappa shape index (κ1) is 15.3. The van der Waals surface area contributed by atoms with Gasteiger partial charge in [0.15, 0.2) is 0 Å². The number of hydrogen-bond acceptors (Lipinski definition) is 3. The van der Waals surface area contributed by atoms with Gasteiger partial charge in [0.2, 0.25) is 10.0 Å². The summed E-state index contributed by atoms with van der Waals surface area (Å²) in [6.07, 6.45) is 2.87. The maximum Gasteiger partial charge on any atom is 0.243 e. The number of benzene rings is 1. The predicted octanol–water partition coefficient (Wildman–Crippen LogP) is 3.04. The highest BCUT2D eigenvalue weighted by atomic mass is 32.2. The third kappa shape index (κ3) is 3.15. The average molecular weight is 297 g/mol. The molecule has 1 aromatic rings. The summed E-state index contributed by atoms with van der Waals surface area (Å²) in [5, 5.41) is 0. The second kappa shape index (κ2) is 6.14. The van der Waals surface area contributed by atoms with E-state index in [1.165, 1.54) is 0 Å². The topological polar surface area (TPSA) is 46.6 Å². The zero-order valence-electron chi connectivity index (χ0n) is 12.4. The van der Waals surface area contributed by atoms with E-state index in [1.54, 1.807) is 28.6 Å². The number of nitrogens with zero attached hydrogens (tertiary/aromatic N) is 1. The van der Waals surface area contributed by atoms with E-state index >= 15 is 0 Å². The number of ether oxygens (including phenoxy) is 1. The van der Waals surface area contributed by atoms with Crippen molar-refractivity contribution >= 4 is 10.0 Å². The molecule has 2 rings (SSSR count). The van der Waals surface area contributed by atoms with Gasteiger partial charge in [-0.25, -0.2) is 8.42 Å². The fourth-order valence-corrected chi connectivity index (χ4v) is 4.40. The van der Waals surface area contributed by atoms with Crippen LogP contribution in [0.3, 0.4) is 0 Å². The van der Waals surface area contributed by atoms with Gasteiger partial charge in [-0.05, 0) is 57.4 Å². The van der Waals surface area contributed by atoms with Gasteiger partial charge in [0.1, 0.15) is 5.75 Å². The van der Waals surface area contributed by atoms with Crippen LogP contribution in [0.2, 0.25) is 0 Å². The van der Waals surface area contributed by atoms with E-state index in [0.29, 0.717) is 17.2 Å². The minimum Gasteiger partial charge on any atom is -0.491 e. The molecule has 4 nitrogen and oxygen atoms in total. The molecule has 0 N–H and O–H groups in total. The molecule has 1 aliphatic rings. The van der Waals surface area contributed by atoms with Gasteiger partial charge >= 0.3 is 0 Å². The summed E-state index contributed by atoms with van der Waals surface area (Å²) in [6.45, 7) is 6.56. The van der Waals surface area contributed by atoms with Crippen molar-refractivity contribution in [2.24, 2.45) is 0 Å². The van der Waals surface area contributed by atoms with Crippen LogP contribution in [0.25, 0.3) is 0 Å². The molecule has 0 bridgehead atoms. The second-order valence-corrected chi connectivity index (χ2v) is 7.35. The summed E-state index contributed by atoms with van der Waals surface area (Å²) in [7, 11) is -3.37. The van der Waals surface area contributed by atoms with Gasteiger partial charge in [0.25, 0.3) is 0 Å². The summed E-state index contributed by atoms with van der Waals surface area (Å²) in [4.78, 5) is 0.356. The van der Waals surface area contributed by atoms with Crippen molar-refractivity contribution in [3.05, 3.63) is 24.3 Å². The third-order valence-corrected chi connectivity index (χ3v) is 5.56. The molecule has 0 aliphatic carbocycles. The lowest BCUT2D eigenvalue weighted by Crippen LogP contribution is -2.35. The molecule has 1 aliphatic heterocycles. The van der Waals surface area contributed by atoms with E-state index in [-0.39, 0.29) is 12.1 Å². The van der Waals surface area contributed by atoms with Crippen LogP contribution < -0.4 is 4.74 Å². The van der Waals surface area contributed by atoms with Crippen molar-refractivity contribution in [2.45, 2.75) is 57.1 Å². The van der Waals surface area contributed by atoms with Crippen molar-refractivity contribution in [3.63, 3.8) is 0 Å². The Morgan fingerprint density at radius 3 is 2.50 bits per heavy atom. The fourth-order valence-electron chi connectivity index (χ4n) is 2.63. The highest BCUT2D eigenvalue weighted by Gasteiger charge is 2.34. The zero-order valence-corrected chi connectivity index (χ0v) is 13.2. The Labute approximate surface area is 121 Å². The SMILES string of the molecule is CCC1CCCN1S(=O)(=O)c1ccc(OC(C)C)cc1. The van der Waals surface area contributed by atoms with E-state index in [4.69, 9.17) is 4.74 Å². The largest absolute Gasteiger partial charge is 0.491 e. The van der Waals surface area contributed by atoms with Gasteiger partial charge in [-0.3, -0.25) is 0 Å². The molecule has 20 heavy (non-hydrogen) atoms. The predicted molar refractivity (Wildman–Crippen MR) is 79.4 cm³/mol. The van der Waals surface area contributed by atoms with Crippen LogP contribution in [-0.2, 0) is 10.0 Å². The van der Waals surface area contributed by atoms with E-state index < -0.39 is 10.0 Å². The van der Waals surface area contributed by atoms with E-state index in [2.05, 4.69) is 0 Å². The summed E-state index contributed by atoms with van der Waals surface area (Å²) in [6, 6.07) is 6.87. The molecular formula is C15H23NO3S. The molecular weight excluding hydrogens is 274 g/mol. The lowest BCUT2D eigenvalue weighted by atomic mass is 10.2. The first-order chi connectivity index (χ1) is 9.45. The molecule has 0 aromatic heterocycles. The van der Waals surface area contributed by atoms with Crippen LogP contribution >= 0.6 is 0 Å². The highest BCUT2D eigenvalue weighted by Crippen LogP contribution is 2.28. The maximum absolute atomic E-state index is 12.6. The standard InChI is InChI=1S/C15H23NO3S/c1-4-13-6-5-11-16(13)20(17,18)15-9-7-14(8-10-15)19-12(2)3/h7-10,12-13H,4-6,11H2,1-3H3. The van der Waals surface area contributed by atoms with Crippen molar-refractivity contribution in [2.75, 3.05) is 6.54 Å². The van der Waals surface area contributed by atoms with Crippen molar-refractivity contribution in [1.82, 2.24) is 4.31 Å². The maximum atomic E-state index is 12.6. The fraction of sp³-hybridized carbons (Fsp3) is 0.600. The zero-order chi connectivity index (χ0) is 14.8. The van der Waals surface area contributed by atoms with Crippen molar-refractivity contribution < 1.29 is 13.2 Å². The molecule has 1 atom stereocenters. The molecule has 112 valence electrons. The van der Waals surface area contributed by atoms with Crippen LogP contribution in [0.5, 0.6) is 5.75 Å². The lowest BCUT2D eigenvalue weighted by molar-refractivity contribution is 0.242. The van der Waals surface area contributed by atoms with Crippen LogP contribution in [0, 0.1) is 0 Å². The Balaban J connectivity index is 2.21. The van der Waals surface area contributed by atoms with Gasteiger partial charge in [0, 0.05) is 12.6 Å². The summed E-state index contributed by atoms with van der Waals surface area (Å²) >= 11 is 0. The first-order valence-electron chi connectivity index (χ1n) is 7.23. The van der Waals surface area contributed by atoms with E-state index in [0.717, 1.165) is 19.3 Å². The molecule has 0 amide bonds. The molecule has 0 radical (unpaired) electrons. The molecule has 0 spiro atoms. The third-order valence-electron chi connectivity index (χ3n) is 3.60. The minimum atomic E-state index is -3.37. The highest BCUT2D eigenvalue weighted by molar-refractivity contribution is 7.89. The van der Waals surface area contributed by atoms with Crippen LogP contribution in [0.15, 0.2) is 29.2 Å². The second-order valence-electron chi connectivity index (χ2n) is 5.46. The lowest BCUT2D eigenvalue weighted by Gasteiger charge is -2.23. The Morgan fingerprint density at radius 1 is 1.30 bits per heavy atom. The molecule has 1 saturated heterocycles. The number of rotatable bonds is 5. The summed E-state index contributed by atoms with van der Waals surface area (Å²) < 4.78 is 32.4. The minimum absolute atomic E-state index is 0.0838. The summed E-state index contributed by atoms with van der Waals surface area (Å²) in [5.41, 5.74) is 0. The monoisotopic (exact) mass is 297 g/mol. The normalized spacial score (nSPS) is 20.5. The van der Waals surface area contributed by atoms with Gasteiger partial charge < -0.3 is 4.74 Å². The Bertz CT molecular complexity index is 537. The molecule has 1 fully saturated rings. The van der Waals surface area contributed by atoms with Crippen LogP contribution in [0.4, 0.5) is 0 Å². The van der Waals surface area contributed by atoms with Crippen molar-refractivity contribution in [1.29, 1.82) is 0 Å². The molecule has 5 heteroatoms. The van der Waals surface area contributed by atoms with Gasteiger partial charge in [0.05, 0.1) is 11.0 Å². The number of hydrogen-bond donors (Lipinski definition) is 0. The molecule has 0 saturated carbocycles. The Morgan fingerprint density at radius 2 is 1.95 bits per heavy atom. The summed E-state index contributed by atoms with van der Waals surface area (Å²) in [5.74, 6) is 0.701.